The molecule has 1 saturated heterocycles. The number of thioether (sulfide) groups is 1. The molecule has 1 aliphatic heterocycles. The van der Waals surface area contributed by atoms with E-state index in [2.05, 4.69) is 22.8 Å². The molecule has 0 bridgehead atoms. The van der Waals surface area contributed by atoms with E-state index in [-0.39, 0.29) is 12.4 Å². The molecule has 0 aromatic carbocycles. The third-order valence-electron chi connectivity index (χ3n) is 1.81. The van der Waals surface area contributed by atoms with Crippen LogP contribution in [0.25, 0.3) is 0 Å². The molecule has 2 rings (SSSR count). The standard InChI is InChI=1S/C8H11NS2.ClH/c1-2-8(11-4-1)7-6-10-5-3-9-7;/h1-2,4,7,9H,3,5-6H2;1H. The second-order valence-electron chi connectivity index (χ2n) is 2.60. The van der Waals surface area contributed by atoms with Crippen LogP contribution in [0.4, 0.5) is 0 Å². The van der Waals surface area contributed by atoms with Crippen molar-refractivity contribution in [2.24, 2.45) is 0 Å². The van der Waals surface area contributed by atoms with E-state index in [1.807, 2.05) is 23.1 Å². The second kappa shape index (κ2) is 5.12. The molecule has 1 atom stereocenters. The average molecular weight is 222 g/mol. The van der Waals surface area contributed by atoms with Crippen molar-refractivity contribution >= 4 is 35.5 Å². The van der Waals surface area contributed by atoms with Gasteiger partial charge in [0.25, 0.3) is 0 Å². The lowest BCUT2D eigenvalue weighted by Crippen LogP contribution is -2.29. The van der Waals surface area contributed by atoms with Gasteiger partial charge in [0.05, 0.1) is 6.04 Å². The maximum absolute atomic E-state index is 3.51. The summed E-state index contributed by atoms with van der Waals surface area (Å²) < 4.78 is 0. The summed E-state index contributed by atoms with van der Waals surface area (Å²) in [6.07, 6.45) is 0. The summed E-state index contributed by atoms with van der Waals surface area (Å²) in [4.78, 5) is 1.48. The largest absolute Gasteiger partial charge is 0.308 e. The Labute approximate surface area is 87.4 Å². The zero-order chi connectivity index (χ0) is 7.52. The quantitative estimate of drug-likeness (QED) is 0.783. The Morgan fingerprint density at radius 1 is 1.50 bits per heavy atom. The van der Waals surface area contributed by atoms with E-state index >= 15 is 0 Å². The highest BCUT2D eigenvalue weighted by atomic mass is 35.5. The first kappa shape index (κ1) is 10.4. The molecule has 2 heterocycles. The van der Waals surface area contributed by atoms with E-state index in [9.17, 15) is 0 Å². The van der Waals surface area contributed by atoms with Gasteiger partial charge in [-0.25, -0.2) is 0 Å². The number of hydrogen-bond donors (Lipinski definition) is 1. The molecule has 1 fully saturated rings. The van der Waals surface area contributed by atoms with Crippen LogP contribution in [0.3, 0.4) is 0 Å². The van der Waals surface area contributed by atoms with E-state index in [0.717, 1.165) is 6.54 Å². The van der Waals surface area contributed by atoms with E-state index in [4.69, 9.17) is 0 Å². The summed E-state index contributed by atoms with van der Waals surface area (Å²) in [6, 6.07) is 4.96. The summed E-state index contributed by atoms with van der Waals surface area (Å²) in [5.74, 6) is 2.50. The fourth-order valence-corrected chi connectivity index (χ4v) is 3.11. The van der Waals surface area contributed by atoms with Crippen LogP contribution in [-0.4, -0.2) is 18.1 Å². The van der Waals surface area contributed by atoms with Gasteiger partial charge in [-0.2, -0.15) is 11.8 Å². The smallest absolute Gasteiger partial charge is 0.0506 e. The lowest BCUT2D eigenvalue weighted by molar-refractivity contribution is 0.604. The monoisotopic (exact) mass is 221 g/mol. The number of halogens is 1. The molecule has 1 aromatic heterocycles. The van der Waals surface area contributed by atoms with Crippen molar-refractivity contribution < 1.29 is 0 Å². The Balaban J connectivity index is 0.000000720. The van der Waals surface area contributed by atoms with Crippen molar-refractivity contribution in [2.45, 2.75) is 6.04 Å². The van der Waals surface area contributed by atoms with E-state index in [1.165, 1.54) is 16.4 Å². The van der Waals surface area contributed by atoms with Crippen molar-refractivity contribution in [1.82, 2.24) is 5.32 Å². The van der Waals surface area contributed by atoms with Crippen LogP contribution in [0.15, 0.2) is 17.5 Å². The van der Waals surface area contributed by atoms with E-state index in [0.29, 0.717) is 6.04 Å². The highest BCUT2D eigenvalue weighted by Crippen LogP contribution is 2.24. The molecule has 68 valence electrons. The van der Waals surface area contributed by atoms with Gasteiger partial charge >= 0.3 is 0 Å². The molecule has 4 heteroatoms. The molecule has 1 aliphatic rings. The normalized spacial score (nSPS) is 23.2. The van der Waals surface area contributed by atoms with Crippen LogP contribution in [0.5, 0.6) is 0 Å². The van der Waals surface area contributed by atoms with Gasteiger partial charge in [-0.3, -0.25) is 0 Å². The lowest BCUT2D eigenvalue weighted by atomic mass is 10.3. The Morgan fingerprint density at radius 2 is 2.42 bits per heavy atom. The van der Waals surface area contributed by atoms with Gasteiger partial charge < -0.3 is 5.32 Å². The summed E-state index contributed by atoms with van der Waals surface area (Å²) in [7, 11) is 0. The SMILES string of the molecule is Cl.c1csc(C2CSCCN2)c1. The average Bonchev–Trinajstić information content (AvgIpc) is 2.58. The molecule has 0 spiro atoms. The molecule has 0 aliphatic carbocycles. The summed E-state index contributed by atoms with van der Waals surface area (Å²) in [5, 5.41) is 5.66. The Kier molecular flexibility index (Phi) is 4.43. The molecule has 1 nitrogen and oxygen atoms in total. The van der Waals surface area contributed by atoms with E-state index in [1.54, 1.807) is 0 Å². The fraction of sp³-hybridized carbons (Fsp3) is 0.500. The van der Waals surface area contributed by atoms with Gasteiger partial charge in [-0.1, -0.05) is 6.07 Å². The predicted molar refractivity (Wildman–Crippen MR) is 59.6 cm³/mol. The third kappa shape index (κ3) is 2.39. The highest BCUT2D eigenvalue weighted by Gasteiger charge is 2.14. The molecular formula is C8H12ClNS2. The van der Waals surface area contributed by atoms with Crippen LogP contribution in [0.1, 0.15) is 10.9 Å². The first-order chi connectivity index (χ1) is 5.47. The maximum atomic E-state index is 3.51. The van der Waals surface area contributed by atoms with E-state index < -0.39 is 0 Å². The van der Waals surface area contributed by atoms with Crippen LogP contribution in [-0.2, 0) is 0 Å². The number of nitrogens with one attached hydrogen (secondary N) is 1. The molecule has 0 amide bonds. The number of hydrogen-bond acceptors (Lipinski definition) is 3. The third-order valence-corrected chi connectivity index (χ3v) is 3.86. The van der Waals surface area contributed by atoms with Crippen LogP contribution < -0.4 is 5.32 Å². The first-order valence-corrected chi connectivity index (χ1v) is 5.85. The highest BCUT2D eigenvalue weighted by molar-refractivity contribution is 7.99. The second-order valence-corrected chi connectivity index (χ2v) is 4.73. The minimum absolute atomic E-state index is 0. The Bertz CT molecular complexity index is 207. The van der Waals surface area contributed by atoms with Gasteiger partial charge in [-0.15, -0.1) is 23.7 Å². The minimum Gasteiger partial charge on any atom is -0.308 e. The molecule has 12 heavy (non-hydrogen) atoms. The molecule has 1 aromatic rings. The van der Waals surface area contributed by atoms with Crippen molar-refractivity contribution in [1.29, 1.82) is 0 Å². The molecule has 0 radical (unpaired) electrons. The number of thiophene rings is 1. The molecular weight excluding hydrogens is 210 g/mol. The van der Waals surface area contributed by atoms with Crippen molar-refractivity contribution in [3.8, 4) is 0 Å². The van der Waals surface area contributed by atoms with Gasteiger partial charge in [0.2, 0.25) is 0 Å². The van der Waals surface area contributed by atoms with Crippen LogP contribution >= 0.6 is 35.5 Å². The fourth-order valence-electron chi connectivity index (χ4n) is 1.24. The topological polar surface area (TPSA) is 12.0 Å². The van der Waals surface area contributed by atoms with Crippen LogP contribution in [0, 0.1) is 0 Å². The van der Waals surface area contributed by atoms with Gasteiger partial charge in [0.15, 0.2) is 0 Å². The minimum atomic E-state index is 0. The maximum Gasteiger partial charge on any atom is 0.0506 e. The summed E-state index contributed by atoms with van der Waals surface area (Å²) >= 11 is 3.90. The summed E-state index contributed by atoms with van der Waals surface area (Å²) in [5.41, 5.74) is 0. The molecule has 1 unspecified atom stereocenters. The van der Waals surface area contributed by atoms with Crippen molar-refractivity contribution in [3.05, 3.63) is 22.4 Å². The number of rotatable bonds is 1. The molecule has 1 N–H and O–H groups in total. The Morgan fingerprint density at radius 3 is 3.00 bits per heavy atom. The Hall–Kier alpha value is 0.300. The van der Waals surface area contributed by atoms with Crippen LogP contribution in [0.2, 0.25) is 0 Å². The predicted octanol–water partition coefficient (Wildman–Crippen LogP) is 2.55. The lowest BCUT2D eigenvalue weighted by Gasteiger charge is -2.21. The van der Waals surface area contributed by atoms with Gasteiger partial charge in [-0.05, 0) is 11.4 Å². The van der Waals surface area contributed by atoms with Gasteiger partial charge in [0, 0.05) is 22.9 Å². The molecule has 0 saturated carbocycles. The zero-order valence-corrected chi connectivity index (χ0v) is 9.10. The summed E-state index contributed by atoms with van der Waals surface area (Å²) in [6.45, 7) is 1.16. The van der Waals surface area contributed by atoms with Crippen molar-refractivity contribution in [2.75, 3.05) is 18.1 Å². The van der Waals surface area contributed by atoms with Gasteiger partial charge in [0.1, 0.15) is 0 Å². The zero-order valence-electron chi connectivity index (χ0n) is 6.66. The van der Waals surface area contributed by atoms with Crippen molar-refractivity contribution in [3.63, 3.8) is 0 Å². The first-order valence-electron chi connectivity index (χ1n) is 3.81.